The van der Waals surface area contributed by atoms with Crippen molar-refractivity contribution in [3.63, 3.8) is 0 Å². The number of carbonyl (C=O) groups is 1. The van der Waals surface area contributed by atoms with Crippen molar-refractivity contribution in [2.24, 2.45) is 5.41 Å². The van der Waals surface area contributed by atoms with Crippen molar-refractivity contribution in [3.8, 4) is 11.1 Å². The van der Waals surface area contributed by atoms with Crippen molar-refractivity contribution >= 4 is 27.5 Å². The third-order valence-corrected chi connectivity index (χ3v) is 5.37. The third kappa shape index (κ3) is 5.09. The minimum absolute atomic E-state index is 0.0643. The van der Waals surface area contributed by atoms with Crippen LogP contribution in [0.15, 0.2) is 40.8 Å². The highest BCUT2D eigenvalue weighted by atomic mass is 32.1. The van der Waals surface area contributed by atoms with Crippen LogP contribution in [0.4, 0.5) is 4.39 Å². The summed E-state index contributed by atoms with van der Waals surface area (Å²) >= 11 is 1.35. The van der Waals surface area contributed by atoms with Gasteiger partial charge in [-0.15, -0.1) is 11.3 Å². The number of benzene rings is 1. The summed E-state index contributed by atoms with van der Waals surface area (Å²) in [6, 6.07) is 5.99. The monoisotopic (exact) mass is 415 g/mol. The van der Waals surface area contributed by atoms with E-state index in [2.05, 4.69) is 31.1 Å². The van der Waals surface area contributed by atoms with Crippen LogP contribution in [0.25, 0.3) is 21.3 Å². The van der Waals surface area contributed by atoms with Gasteiger partial charge in [0, 0.05) is 16.5 Å². The van der Waals surface area contributed by atoms with E-state index in [-0.39, 0.29) is 29.2 Å². The van der Waals surface area contributed by atoms with Crippen LogP contribution in [-0.2, 0) is 11.3 Å². The molecular weight excluding hydrogens is 389 g/mol. The molecule has 29 heavy (non-hydrogen) atoms. The van der Waals surface area contributed by atoms with Gasteiger partial charge in [-0.1, -0.05) is 32.9 Å². The molecule has 0 saturated heterocycles. The van der Waals surface area contributed by atoms with E-state index >= 15 is 0 Å². The number of fused-ring (bicyclic) bond motifs is 1. The van der Waals surface area contributed by atoms with Crippen molar-refractivity contribution in [1.29, 1.82) is 0 Å². The zero-order chi connectivity index (χ0) is 21.4. The lowest BCUT2D eigenvalue weighted by atomic mass is 9.82. The number of nitrogens with one attached hydrogen (secondary N) is 1. The highest BCUT2D eigenvalue weighted by Crippen LogP contribution is 2.30. The van der Waals surface area contributed by atoms with Crippen molar-refractivity contribution in [2.45, 2.75) is 53.1 Å². The number of rotatable bonds is 5. The van der Waals surface area contributed by atoms with E-state index < -0.39 is 5.54 Å². The Balaban J connectivity index is 1.88. The average Bonchev–Trinajstić information content (AvgIpc) is 3.00. The molecule has 0 aliphatic rings. The van der Waals surface area contributed by atoms with Crippen molar-refractivity contribution < 1.29 is 9.18 Å². The van der Waals surface area contributed by atoms with Crippen molar-refractivity contribution in [1.82, 2.24) is 14.9 Å². The van der Waals surface area contributed by atoms with Gasteiger partial charge in [-0.2, -0.15) is 0 Å². The molecule has 1 N–H and O–H groups in total. The summed E-state index contributed by atoms with van der Waals surface area (Å²) in [5.41, 5.74) is 0.835. The molecule has 0 saturated carbocycles. The number of hydrogen-bond acceptors (Lipinski definition) is 4. The molecule has 1 amide bonds. The van der Waals surface area contributed by atoms with E-state index in [1.54, 1.807) is 12.1 Å². The minimum atomic E-state index is -0.391. The summed E-state index contributed by atoms with van der Waals surface area (Å²) in [4.78, 5) is 30.6. The second-order valence-corrected chi connectivity index (χ2v) is 10.0. The second kappa shape index (κ2) is 7.71. The lowest BCUT2D eigenvalue weighted by Gasteiger charge is -2.33. The maximum atomic E-state index is 13.2. The zero-order valence-corrected chi connectivity index (χ0v) is 18.2. The number of amides is 1. The Bertz CT molecular complexity index is 1090. The highest BCUT2D eigenvalue weighted by Gasteiger charge is 2.27. The van der Waals surface area contributed by atoms with Crippen LogP contribution in [0.5, 0.6) is 0 Å². The zero-order valence-electron chi connectivity index (χ0n) is 17.4. The van der Waals surface area contributed by atoms with Crippen LogP contribution >= 0.6 is 11.3 Å². The average molecular weight is 416 g/mol. The predicted octanol–water partition coefficient (Wildman–Crippen LogP) is 4.60. The third-order valence-electron chi connectivity index (χ3n) is 4.48. The Morgan fingerprint density at radius 1 is 1.17 bits per heavy atom. The Morgan fingerprint density at radius 2 is 1.83 bits per heavy atom. The topological polar surface area (TPSA) is 64.0 Å². The van der Waals surface area contributed by atoms with Crippen molar-refractivity contribution in [3.05, 3.63) is 52.1 Å². The molecule has 2 heterocycles. The van der Waals surface area contributed by atoms with Gasteiger partial charge in [-0.25, -0.2) is 9.37 Å². The molecule has 154 valence electrons. The molecule has 0 radical (unpaired) electrons. The molecule has 2 aromatic heterocycles. The quantitative estimate of drug-likeness (QED) is 0.663. The molecular formula is C22H26FN3O2S. The van der Waals surface area contributed by atoms with E-state index in [9.17, 15) is 14.0 Å². The molecule has 0 spiro atoms. The van der Waals surface area contributed by atoms with Crippen LogP contribution in [0, 0.1) is 11.2 Å². The summed E-state index contributed by atoms with van der Waals surface area (Å²) in [5.74, 6) is -0.570. The Hall–Kier alpha value is -2.54. The summed E-state index contributed by atoms with van der Waals surface area (Å²) in [6.45, 7) is 10.2. The fourth-order valence-electron chi connectivity index (χ4n) is 3.86. The minimum Gasteiger partial charge on any atom is -0.350 e. The SMILES string of the molecule is CC(C)(C)CC(C)(C)NC(=O)Cn1cnc2scc(-c3ccc(F)cc3)c2c1=O. The fraction of sp³-hybridized carbons (Fsp3) is 0.409. The Morgan fingerprint density at radius 3 is 2.45 bits per heavy atom. The first-order valence-electron chi connectivity index (χ1n) is 9.49. The molecule has 0 aliphatic heterocycles. The molecule has 0 bridgehead atoms. The van der Waals surface area contributed by atoms with Crippen LogP contribution < -0.4 is 10.9 Å². The largest absolute Gasteiger partial charge is 0.350 e. The molecule has 1 aromatic carbocycles. The number of carbonyl (C=O) groups excluding carboxylic acids is 1. The molecule has 0 atom stereocenters. The van der Waals surface area contributed by atoms with Crippen LogP contribution in [0.1, 0.15) is 41.0 Å². The molecule has 3 aromatic rings. The fourth-order valence-corrected chi connectivity index (χ4v) is 4.77. The number of nitrogens with zero attached hydrogens (tertiary/aromatic N) is 2. The van der Waals surface area contributed by atoms with Crippen molar-refractivity contribution in [2.75, 3.05) is 0 Å². The van der Waals surface area contributed by atoms with Gasteiger partial charge in [-0.3, -0.25) is 14.2 Å². The predicted molar refractivity (Wildman–Crippen MR) is 116 cm³/mol. The Labute approximate surface area is 173 Å². The first kappa shape index (κ1) is 21.2. The van der Waals surface area contributed by atoms with Gasteiger partial charge in [-0.05, 0) is 43.4 Å². The normalized spacial score (nSPS) is 12.3. The van der Waals surface area contributed by atoms with Gasteiger partial charge in [0.15, 0.2) is 0 Å². The summed E-state index contributed by atoms with van der Waals surface area (Å²) in [5, 5.41) is 5.30. The van der Waals surface area contributed by atoms with E-state index in [4.69, 9.17) is 0 Å². The van der Waals surface area contributed by atoms with Gasteiger partial charge in [0.05, 0.1) is 11.7 Å². The summed E-state index contributed by atoms with van der Waals surface area (Å²) in [6.07, 6.45) is 2.21. The lowest BCUT2D eigenvalue weighted by molar-refractivity contribution is -0.123. The number of halogens is 1. The second-order valence-electron chi connectivity index (χ2n) is 9.18. The molecule has 0 fully saturated rings. The molecule has 5 nitrogen and oxygen atoms in total. The van der Waals surface area contributed by atoms with Crippen LogP contribution in [0.2, 0.25) is 0 Å². The summed E-state index contributed by atoms with van der Waals surface area (Å²) < 4.78 is 14.6. The molecule has 0 aliphatic carbocycles. The van der Waals surface area contributed by atoms with Gasteiger partial charge in [0.25, 0.3) is 5.56 Å². The maximum Gasteiger partial charge on any atom is 0.263 e. The Kier molecular flexibility index (Phi) is 5.63. The van der Waals surface area contributed by atoms with E-state index in [1.807, 2.05) is 19.2 Å². The first-order chi connectivity index (χ1) is 13.5. The number of thiophene rings is 1. The van der Waals surface area contributed by atoms with Gasteiger partial charge >= 0.3 is 0 Å². The van der Waals surface area contributed by atoms with Gasteiger partial charge in [0.1, 0.15) is 17.2 Å². The van der Waals surface area contributed by atoms with Gasteiger partial charge in [0.2, 0.25) is 5.91 Å². The first-order valence-corrected chi connectivity index (χ1v) is 10.4. The van der Waals surface area contributed by atoms with Crippen LogP contribution in [0.3, 0.4) is 0 Å². The number of hydrogen-bond donors (Lipinski definition) is 1. The molecule has 7 heteroatoms. The van der Waals surface area contributed by atoms with Crippen LogP contribution in [-0.4, -0.2) is 21.0 Å². The molecule has 0 unspecified atom stereocenters. The maximum absolute atomic E-state index is 13.2. The van der Waals surface area contributed by atoms with E-state index in [0.717, 1.165) is 12.0 Å². The highest BCUT2D eigenvalue weighted by molar-refractivity contribution is 7.17. The van der Waals surface area contributed by atoms with E-state index in [0.29, 0.717) is 15.8 Å². The number of aromatic nitrogens is 2. The standard InChI is InChI=1S/C22H26FN3O2S/c1-21(2,3)12-22(4,5)25-17(27)10-26-13-24-19-18(20(26)28)16(11-29-19)14-6-8-15(23)9-7-14/h6-9,11,13H,10,12H2,1-5H3,(H,25,27). The van der Waals surface area contributed by atoms with Gasteiger partial charge < -0.3 is 5.32 Å². The smallest absolute Gasteiger partial charge is 0.263 e. The molecule has 3 rings (SSSR count). The summed E-state index contributed by atoms with van der Waals surface area (Å²) in [7, 11) is 0. The van der Waals surface area contributed by atoms with E-state index in [1.165, 1.54) is 34.4 Å². The lowest BCUT2D eigenvalue weighted by Crippen LogP contribution is -2.47.